The van der Waals surface area contributed by atoms with Gasteiger partial charge in [0.25, 0.3) is 0 Å². The van der Waals surface area contributed by atoms with Crippen LogP contribution in [0.25, 0.3) is 0 Å². The minimum absolute atomic E-state index is 0.473. The Morgan fingerprint density at radius 2 is 0.467 bits per heavy atom. The van der Waals surface area contributed by atoms with Gasteiger partial charge in [-0.05, 0) is 12.8 Å². The van der Waals surface area contributed by atoms with E-state index in [0.29, 0.717) is 13.2 Å². The van der Waals surface area contributed by atoms with E-state index in [1.54, 1.807) is 0 Å². The molecule has 0 spiro atoms. The molecule has 0 atom stereocenters. The highest BCUT2D eigenvalue weighted by molar-refractivity contribution is 5.59. The first kappa shape index (κ1) is 27.3. The van der Waals surface area contributed by atoms with Crippen LogP contribution < -0.4 is 0 Å². The van der Waals surface area contributed by atoms with E-state index in [1.807, 2.05) is 0 Å². The lowest BCUT2D eigenvalue weighted by Gasteiger charge is -2.06. The average molecular weight is 425 g/mol. The molecule has 0 aromatic heterocycles. The number of carbonyl (C=O) groups excluding carboxylic acids is 1. The summed E-state index contributed by atoms with van der Waals surface area (Å²) in [6, 6.07) is 0. The molecule has 1 fully saturated rings. The Hall–Kier alpha value is -0.730. The zero-order chi connectivity index (χ0) is 21.4. The molecule has 0 radical (unpaired) electrons. The molecule has 3 heteroatoms. The van der Waals surface area contributed by atoms with Crippen molar-refractivity contribution in [3.63, 3.8) is 0 Å². The van der Waals surface area contributed by atoms with Gasteiger partial charge < -0.3 is 9.47 Å². The van der Waals surface area contributed by atoms with Crippen molar-refractivity contribution in [3.05, 3.63) is 0 Å². The Balaban J connectivity index is 2.07. The molecule has 0 aromatic rings. The van der Waals surface area contributed by atoms with Crippen molar-refractivity contribution >= 4 is 6.16 Å². The highest BCUT2D eigenvalue weighted by atomic mass is 16.7. The molecule has 0 aromatic carbocycles. The fourth-order valence-electron chi connectivity index (χ4n) is 4.45. The van der Waals surface area contributed by atoms with Crippen molar-refractivity contribution in [2.75, 3.05) is 13.2 Å². The van der Waals surface area contributed by atoms with E-state index in [9.17, 15) is 4.79 Å². The molecule has 1 heterocycles. The van der Waals surface area contributed by atoms with Gasteiger partial charge in [0.1, 0.15) is 0 Å². The highest BCUT2D eigenvalue weighted by Crippen LogP contribution is 2.15. The lowest BCUT2D eigenvalue weighted by molar-refractivity contribution is 0.0529. The summed E-state index contributed by atoms with van der Waals surface area (Å²) in [5.74, 6) is 0. The second-order valence-corrected chi connectivity index (χ2v) is 9.43. The van der Waals surface area contributed by atoms with Crippen LogP contribution in [0.5, 0.6) is 0 Å². The topological polar surface area (TPSA) is 35.5 Å². The van der Waals surface area contributed by atoms with E-state index in [1.165, 1.54) is 128 Å². The van der Waals surface area contributed by atoms with Crippen molar-refractivity contribution in [1.29, 1.82) is 0 Å². The number of hydrogen-bond acceptors (Lipinski definition) is 3. The molecule has 0 amide bonds. The molecule has 0 saturated carbocycles. The summed E-state index contributed by atoms with van der Waals surface area (Å²) >= 11 is 0. The molecule has 1 saturated heterocycles. The smallest absolute Gasteiger partial charge is 0.434 e. The molecule has 30 heavy (non-hydrogen) atoms. The molecule has 0 bridgehead atoms. The van der Waals surface area contributed by atoms with Gasteiger partial charge in [-0.25, -0.2) is 4.79 Å². The fourth-order valence-corrected chi connectivity index (χ4v) is 4.45. The van der Waals surface area contributed by atoms with Gasteiger partial charge in [-0.3, -0.25) is 0 Å². The van der Waals surface area contributed by atoms with Gasteiger partial charge in [0, 0.05) is 0 Å². The molecule has 0 aliphatic carbocycles. The van der Waals surface area contributed by atoms with Crippen molar-refractivity contribution in [2.45, 2.75) is 154 Å². The Labute approximate surface area is 188 Å². The zero-order valence-corrected chi connectivity index (χ0v) is 20.1. The molecule has 178 valence electrons. The normalized spacial score (nSPS) is 23.1. The van der Waals surface area contributed by atoms with Crippen LogP contribution in [0.4, 0.5) is 4.79 Å². The summed E-state index contributed by atoms with van der Waals surface area (Å²) in [5.41, 5.74) is 0. The molecule has 0 N–H and O–H groups in total. The summed E-state index contributed by atoms with van der Waals surface area (Å²) in [6.07, 6.45) is 31.7. The number of carbonyl (C=O) groups is 1. The van der Waals surface area contributed by atoms with E-state index in [0.717, 1.165) is 25.7 Å². The molecular formula is C27H52O3. The van der Waals surface area contributed by atoms with Crippen LogP contribution in [0, 0.1) is 0 Å². The van der Waals surface area contributed by atoms with Gasteiger partial charge in [-0.2, -0.15) is 0 Å². The second-order valence-electron chi connectivity index (χ2n) is 9.43. The molecule has 1 aliphatic rings. The predicted molar refractivity (Wildman–Crippen MR) is 128 cm³/mol. The number of cyclic esters (lactones) is 2. The molecule has 0 unspecified atom stereocenters. The van der Waals surface area contributed by atoms with Crippen molar-refractivity contribution < 1.29 is 14.3 Å². The minimum Gasteiger partial charge on any atom is -0.434 e. The number of hydrogen-bond donors (Lipinski definition) is 0. The van der Waals surface area contributed by atoms with Crippen LogP contribution >= 0.6 is 0 Å². The molecule has 1 rings (SSSR count). The van der Waals surface area contributed by atoms with Gasteiger partial charge in [-0.15, -0.1) is 0 Å². The summed E-state index contributed by atoms with van der Waals surface area (Å²) in [5, 5.41) is 0. The Morgan fingerprint density at radius 1 is 0.300 bits per heavy atom. The third kappa shape index (κ3) is 20.5. The van der Waals surface area contributed by atoms with Crippen molar-refractivity contribution in [2.24, 2.45) is 0 Å². The lowest BCUT2D eigenvalue weighted by Crippen LogP contribution is -2.09. The SMILES string of the molecule is O=C1OCCCCCCCCCCCCCCCCCCCCCCCCCCO1. The maximum atomic E-state index is 11.6. The van der Waals surface area contributed by atoms with Crippen LogP contribution in [0.2, 0.25) is 0 Å². The zero-order valence-electron chi connectivity index (χ0n) is 20.1. The van der Waals surface area contributed by atoms with E-state index in [4.69, 9.17) is 9.47 Å². The summed E-state index contributed by atoms with van der Waals surface area (Å²) in [7, 11) is 0. The monoisotopic (exact) mass is 424 g/mol. The Kier molecular flexibility index (Phi) is 20.9. The van der Waals surface area contributed by atoms with Crippen molar-refractivity contribution in [1.82, 2.24) is 0 Å². The standard InChI is InChI=1S/C27H52O3/c28-27-29-25-23-21-19-17-15-13-11-9-7-5-3-1-2-4-6-8-10-12-14-16-18-20-22-24-26-30-27/h1-26H2. The number of ether oxygens (including phenoxy) is 2. The van der Waals surface area contributed by atoms with Crippen LogP contribution in [-0.4, -0.2) is 19.4 Å². The largest absolute Gasteiger partial charge is 0.508 e. The number of rotatable bonds is 0. The maximum Gasteiger partial charge on any atom is 0.508 e. The van der Waals surface area contributed by atoms with Gasteiger partial charge in [0.15, 0.2) is 0 Å². The fraction of sp³-hybridized carbons (Fsp3) is 0.963. The van der Waals surface area contributed by atoms with Crippen molar-refractivity contribution in [3.8, 4) is 0 Å². The van der Waals surface area contributed by atoms with Crippen LogP contribution in [-0.2, 0) is 9.47 Å². The molecule has 1 aliphatic heterocycles. The Morgan fingerprint density at radius 3 is 0.667 bits per heavy atom. The van der Waals surface area contributed by atoms with Gasteiger partial charge in [0.2, 0.25) is 0 Å². The Bertz CT molecular complexity index is 324. The quantitative estimate of drug-likeness (QED) is 0.363. The van der Waals surface area contributed by atoms with E-state index in [-0.39, 0.29) is 0 Å². The van der Waals surface area contributed by atoms with E-state index >= 15 is 0 Å². The van der Waals surface area contributed by atoms with Crippen LogP contribution in [0.15, 0.2) is 0 Å². The third-order valence-electron chi connectivity index (χ3n) is 6.48. The van der Waals surface area contributed by atoms with Crippen LogP contribution in [0.3, 0.4) is 0 Å². The van der Waals surface area contributed by atoms with E-state index < -0.39 is 6.16 Å². The first-order valence-electron chi connectivity index (χ1n) is 13.7. The summed E-state index contributed by atoms with van der Waals surface area (Å²) < 4.78 is 10.3. The first-order valence-corrected chi connectivity index (χ1v) is 13.7. The second kappa shape index (κ2) is 22.9. The first-order chi connectivity index (χ1) is 14.9. The third-order valence-corrected chi connectivity index (χ3v) is 6.48. The molecular weight excluding hydrogens is 372 g/mol. The maximum absolute atomic E-state index is 11.6. The van der Waals surface area contributed by atoms with Gasteiger partial charge >= 0.3 is 6.16 Å². The van der Waals surface area contributed by atoms with E-state index in [2.05, 4.69) is 0 Å². The van der Waals surface area contributed by atoms with Gasteiger partial charge in [0.05, 0.1) is 13.2 Å². The predicted octanol–water partition coefficient (Wildman–Crippen LogP) is 9.52. The summed E-state index contributed by atoms with van der Waals surface area (Å²) in [4.78, 5) is 11.6. The highest BCUT2D eigenvalue weighted by Gasteiger charge is 2.03. The van der Waals surface area contributed by atoms with Gasteiger partial charge in [-0.1, -0.05) is 141 Å². The average Bonchev–Trinajstić information content (AvgIpc) is 2.75. The van der Waals surface area contributed by atoms with Crippen LogP contribution in [0.1, 0.15) is 154 Å². The summed E-state index contributed by atoms with van der Waals surface area (Å²) in [6.45, 7) is 1.03. The minimum atomic E-state index is -0.473. The molecule has 3 nitrogen and oxygen atoms in total. The lowest BCUT2D eigenvalue weighted by atomic mass is 10.0.